The van der Waals surface area contributed by atoms with Gasteiger partial charge in [-0.05, 0) is 39.1 Å². The highest BCUT2D eigenvalue weighted by molar-refractivity contribution is 5.94. The lowest BCUT2D eigenvalue weighted by molar-refractivity contribution is -0.120. The van der Waals surface area contributed by atoms with Crippen molar-refractivity contribution in [3.8, 4) is 5.75 Å². The molecule has 0 radical (unpaired) electrons. The van der Waals surface area contributed by atoms with Gasteiger partial charge in [0, 0.05) is 17.8 Å². The minimum atomic E-state index is -0.250. The predicted molar refractivity (Wildman–Crippen MR) is 93.7 cm³/mol. The summed E-state index contributed by atoms with van der Waals surface area (Å²) in [5.74, 6) is 0.823. The quantitative estimate of drug-likeness (QED) is 0.888. The summed E-state index contributed by atoms with van der Waals surface area (Å²) in [5, 5.41) is 2.94. The molecule has 0 aromatic heterocycles. The number of aryl methyl sites for hydroxylation is 1. The maximum Gasteiger partial charge on any atom is 0.241 e. The molecule has 2 aromatic carbocycles. The standard InChI is InChI=1S/C19H24N2O2/c1-14-10-11-18(23-4)16(12-14)13-21(3)15(2)19(22)20-17-8-6-5-7-9-17/h5-12,15H,13H2,1-4H3,(H,20,22)/t15-/m1/s1. The van der Waals surface area contributed by atoms with E-state index in [-0.39, 0.29) is 11.9 Å². The highest BCUT2D eigenvalue weighted by Crippen LogP contribution is 2.22. The van der Waals surface area contributed by atoms with Crippen LogP contribution in [0.2, 0.25) is 0 Å². The van der Waals surface area contributed by atoms with E-state index >= 15 is 0 Å². The first-order valence-corrected chi connectivity index (χ1v) is 7.71. The molecule has 0 heterocycles. The van der Waals surface area contributed by atoms with Crippen molar-refractivity contribution in [2.75, 3.05) is 19.5 Å². The molecule has 0 aliphatic rings. The van der Waals surface area contributed by atoms with E-state index in [4.69, 9.17) is 4.74 Å². The average molecular weight is 312 g/mol. The van der Waals surface area contributed by atoms with E-state index in [1.807, 2.05) is 61.3 Å². The zero-order valence-electron chi connectivity index (χ0n) is 14.2. The molecule has 0 saturated carbocycles. The van der Waals surface area contributed by atoms with Crippen LogP contribution in [-0.2, 0) is 11.3 Å². The van der Waals surface area contributed by atoms with Crippen LogP contribution >= 0.6 is 0 Å². The summed E-state index contributed by atoms with van der Waals surface area (Å²) in [6.07, 6.45) is 0. The van der Waals surface area contributed by atoms with E-state index < -0.39 is 0 Å². The normalized spacial score (nSPS) is 12.0. The number of hydrogen-bond donors (Lipinski definition) is 1. The lowest BCUT2D eigenvalue weighted by atomic mass is 10.1. The summed E-state index contributed by atoms with van der Waals surface area (Å²) in [6.45, 7) is 4.60. The first-order chi connectivity index (χ1) is 11.0. The van der Waals surface area contributed by atoms with Crippen molar-refractivity contribution in [1.82, 2.24) is 4.90 Å². The Kier molecular flexibility index (Phi) is 5.77. The van der Waals surface area contributed by atoms with Crippen LogP contribution in [0.5, 0.6) is 5.75 Å². The van der Waals surface area contributed by atoms with Crippen molar-refractivity contribution in [1.29, 1.82) is 0 Å². The molecule has 1 N–H and O–H groups in total. The van der Waals surface area contributed by atoms with Gasteiger partial charge in [-0.1, -0.05) is 35.9 Å². The number of para-hydroxylation sites is 1. The first-order valence-electron chi connectivity index (χ1n) is 7.71. The van der Waals surface area contributed by atoms with Gasteiger partial charge in [0.2, 0.25) is 5.91 Å². The molecular formula is C19H24N2O2. The summed E-state index contributed by atoms with van der Waals surface area (Å²) in [6, 6.07) is 15.3. The van der Waals surface area contributed by atoms with Crippen molar-refractivity contribution in [3.63, 3.8) is 0 Å². The van der Waals surface area contributed by atoms with Gasteiger partial charge < -0.3 is 10.1 Å². The number of benzene rings is 2. The zero-order valence-corrected chi connectivity index (χ0v) is 14.2. The molecule has 0 fully saturated rings. The maximum atomic E-state index is 12.4. The van der Waals surface area contributed by atoms with Crippen LogP contribution in [0.25, 0.3) is 0 Å². The fourth-order valence-electron chi connectivity index (χ4n) is 2.40. The van der Waals surface area contributed by atoms with Crippen LogP contribution < -0.4 is 10.1 Å². The van der Waals surface area contributed by atoms with Gasteiger partial charge in [-0.3, -0.25) is 9.69 Å². The van der Waals surface area contributed by atoms with Crippen molar-refractivity contribution in [3.05, 3.63) is 59.7 Å². The first kappa shape index (κ1) is 17.0. The Morgan fingerprint density at radius 3 is 2.57 bits per heavy atom. The third-order valence-electron chi connectivity index (χ3n) is 3.94. The number of rotatable bonds is 6. The third kappa shape index (κ3) is 4.57. The molecule has 1 atom stereocenters. The molecule has 2 aromatic rings. The molecule has 4 heteroatoms. The van der Waals surface area contributed by atoms with E-state index in [2.05, 4.69) is 18.3 Å². The van der Waals surface area contributed by atoms with Crippen molar-refractivity contribution in [2.45, 2.75) is 26.4 Å². The molecular weight excluding hydrogens is 288 g/mol. The smallest absolute Gasteiger partial charge is 0.241 e. The summed E-state index contributed by atoms with van der Waals surface area (Å²) >= 11 is 0. The van der Waals surface area contributed by atoms with Gasteiger partial charge in [-0.2, -0.15) is 0 Å². The molecule has 1 amide bonds. The van der Waals surface area contributed by atoms with Gasteiger partial charge in [-0.25, -0.2) is 0 Å². The molecule has 4 nitrogen and oxygen atoms in total. The Hall–Kier alpha value is -2.33. The molecule has 0 spiro atoms. The zero-order chi connectivity index (χ0) is 16.8. The Bertz CT molecular complexity index is 656. The molecule has 0 aliphatic heterocycles. The van der Waals surface area contributed by atoms with E-state index in [1.165, 1.54) is 5.56 Å². The largest absolute Gasteiger partial charge is 0.496 e. The van der Waals surface area contributed by atoms with Crippen LogP contribution in [0.4, 0.5) is 5.69 Å². The second kappa shape index (κ2) is 7.79. The number of ether oxygens (including phenoxy) is 1. The fourth-order valence-corrected chi connectivity index (χ4v) is 2.40. The number of nitrogens with one attached hydrogen (secondary N) is 1. The molecule has 0 aliphatic carbocycles. The molecule has 0 saturated heterocycles. The highest BCUT2D eigenvalue weighted by Gasteiger charge is 2.19. The number of amides is 1. The van der Waals surface area contributed by atoms with Gasteiger partial charge in [0.25, 0.3) is 0 Å². The van der Waals surface area contributed by atoms with Crippen LogP contribution in [0.15, 0.2) is 48.5 Å². The number of methoxy groups -OCH3 is 1. The van der Waals surface area contributed by atoms with Crippen LogP contribution in [0.3, 0.4) is 0 Å². The summed E-state index contributed by atoms with van der Waals surface area (Å²) in [7, 11) is 3.61. The van der Waals surface area contributed by atoms with Crippen LogP contribution in [-0.4, -0.2) is 31.0 Å². The molecule has 0 unspecified atom stereocenters. The van der Waals surface area contributed by atoms with Gasteiger partial charge >= 0.3 is 0 Å². The molecule has 122 valence electrons. The summed E-state index contributed by atoms with van der Waals surface area (Å²) in [5.41, 5.74) is 3.07. The van der Waals surface area contributed by atoms with Crippen LogP contribution in [0.1, 0.15) is 18.1 Å². The van der Waals surface area contributed by atoms with Gasteiger partial charge in [0.05, 0.1) is 13.2 Å². The highest BCUT2D eigenvalue weighted by atomic mass is 16.5. The predicted octanol–water partition coefficient (Wildman–Crippen LogP) is 3.46. The number of anilines is 1. The summed E-state index contributed by atoms with van der Waals surface area (Å²) in [4.78, 5) is 14.4. The number of carbonyl (C=O) groups is 1. The number of carbonyl (C=O) groups excluding carboxylic acids is 1. The minimum Gasteiger partial charge on any atom is -0.496 e. The average Bonchev–Trinajstić information content (AvgIpc) is 2.55. The fraction of sp³-hybridized carbons (Fsp3) is 0.316. The Morgan fingerprint density at radius 1 is 1.22 bits per heavy atom. The van der Waals surface area contributed by atoms with Gasteiger partial charge in [0.15, 0.2) is 0 Å². The number of hydrogen-bond acceptors (Lipinski definition) is 3. The third-order valence-corrected chi connectivity index (χ3v) is 3.94. The van der Waals surface area contributed by atoms with Crippen molar-refractivity contribution < 1.29 is 9.53 Å². The van der Waals surface area contributed by atoms with Crippen molar-refractivity contribution >= 4 is 11.6 Å². The maximum absolute atomic E-state index is 12.4. The van der Waals surface area contributed by atoms with Gasteiger partial charge in [-0.15, -0.1) is 0 Å². The van der Waals surface area contributed by atoms with E-state index in [0.717, 1.165) is 17.0 Å². The number of likely N-dealkylation sites (N-methyl/N-ethyl adjacent to an activating group) is 1. The SMILES string of the molecule is COc1ccc(C)cc1CN(C)[C@H](C)C(=O)Nc1ccccc1. The van der Waals surface area contributed by atoms with Gasteiger partial charge in [0.1, 0.15) is 5.75 Å². The Balaban J connectivity index is 2.03. The Labute approximate surface area is 138 Å². The Morgan fingerprint density at radius 2 is 1.91 bits per heavy atom. The molecule has 2 rings (SSSR count). The summed E-state index contributed by atoms with van der Waals surface area (Å²) < 4.78 is 5.41. The van der Waals surface area contributed by atoms with E-state index in [1.54, 1.807) is 7.11 Å². The lowest BCUT2D eigenvalue weighted by Crippen LogP contribution is -2.39. The monoisotopic (exact) mass is 312 g/mol. The second-order valence-corrected chi connectivity index (χ2v) is 5.76. The minimum absolute atomic E-state index is 0.0229. The second-order valence-electron chi connectivity index (χ2n) is 5.76. The van der Waals surface area contributed by atoms with Crippen LogP contribution in [0, 0.1) is 6.92 Å². The molecule has 23 heavy (non-hydrogen) atoms. The lowest BCUT2D eigenvalue weighted by Gasteiger charge is -2.25. The van der Waals surface area contributed by atoms with E-state index in [9.17, 15) is 4.79 Å². The number of nitrogens with zero attached hydrogens (tertiary/aromatic N) is 1. The topological polar surface area (TPSA) is 41.6 Å². The van der Waals surface area contributed by atoms with Crippen molar-refractivity contribution in [2.24, 2.45) is 0 Å². The van der Waals surface area contributed by atoms with E-state index in [0.29, 0.717) is 6.54 Å². The molecule has 0 bridgehead atoms.